The van der Waals surface area contributed by atoms with Gasteiger partial charge in [0.15, 0.2) is 0 Å². The molecule has 26 heavy (non-hydrogen) atoms. The van der Waals surface area contributed by atoms with Crippen molar-refractivity contribution in [1.29, 1.82) is 5.26 Å². The maximum absolute atomic E-state index is 9.58. The lowest BCUT2D eigenvalue weighted by molar-refractivity contribution is 0.306. The first-order valence-electron chi connectivity index (χ1n) is 8.83. The molecule has 0 radical (unpaired) electrons. The van der Waals surface area contributed by atoms with Crippen molar-refractivity contribution in [3.63, 3.8) is 0 Å². The van der Waals surface area contributed by atoms with Crippen LogP contribution in [0.2, 0.25) is 0 Å². The van der Waals surface area contributed by atoms with E-state index in [1.54, 1.807) is 12.1 Å². The van der Waals surface area contributed by atoms with E-state index < -0.39 is 0 Å². The van der Waals surface area contributed by atoms with E-state index in [-0.39, 0.29) is 11.8 Å². The van der Waals surface area contributed by atoms with E-state index >= 15 is 0 Å². The average Bonchev–Trinajstić information content (AvgIpc) is 2.64. The average molecular weight is 349 g/mol. The molecule has 0 aliphatic carbocycles. The minimum atomic E-state index is -0.279. The molecular weight excluding hydrogens is 326 g/mol. The van der Waals surface area contributed by atoms with Gasteiger partial charge in [0.2, 0.25) is 5.88 Å². The van der Waals surface area contributed by atoms with E-state index in [1.807, 2.05) is 30.3 Å². The van der Waals surface area contributed by atoms with Gasteiger partial charge in [-0.05, 0) is 30.2 Å². The Bertz CT molecular complexity index is 851. The van der Waals surface area contributed by atoms with Crippen molar-refractivity contribution in [2.24, 2.45) is 5.73 Å². The lowest BCUT2D eigenvalue weighted by atomic mass is 9.83. The van der Waals surface area contributed by atoms with Gasteiger partial charge in [-0.3, -0.25) is 0 Å². The molecule has 5 nitrogen and oxygen atoms in total. The van der Waals surface area contributed by atoms with E-state index in [2.05, 4.69) is 13.0 Å². The van der Waals surface area contributed by atoms with Crippen LogP contribution in [0.1, 0.15) is 43.2 Å². The molecule has 0 saturated heterocycles. The molecule has 5 heteroatoms. The third kappa shape index (κ3) is 3.60. The van der Waals surface area contributed by atoms with Crippen LogP contribution in [0.25, 0.3) is 0 Å². The highest BCUT2D eigenvalue weighted by Crippen LogP contribution is 2.42. The molecule has 134 valence electrons. The van der Waals surface area contributed by atoms with Crippen molar-refractivity contribution in [1.82, 2.24) is 0 Å². The van der Waals surface area contributed by atoms with Gasteiger partial charge in [0.05, 0.1) is 12.5 Å². The Kier molecular flexibility index (Phi) is 5.33. The SMILES string of the molecule is CCCCCOc1ccc([C@@H]2C(C#N)=C(N)Oc3cc(N)ccc32)cc1. The third-order valence-electron chi connectivity index (χ3n) is 4.47. The van der Waals surface area contributed by atoms with Gasteiger partial charge in [-0.1, -0.05) is 38.0 Å². The molecule has 1 atom stereocenters. The van der Waals surface area contributed by atoms with Gasteiger partial charge in [0.25, 0.3) is 0 Å². The Morgan fingerprint density at radius 1 is 1.12 bits per heavy atom. The van der Waals surface area contributed by atoms with Gasteiger partial charge >= 0.3 is 0 Å². The van der Waals surface area contributed by atoms with Crippen LogP contribution in [0.4, 0.5) is 5.69 Å². The number of hydrogen-bond acceptors (Lipinski definition) is 5. The normalized spacial score (nSPS) is 15.8. The minimum absolute atomic E-state index is 0.121. The Balaban J connectivity index is 1.88. The maximum atomic E-state index is 9.58. The summed E-state index contributed by atoms with van der Waals surface area (Å²) in [5.41, 5.74) is 14.6. The van der Waals surface area contributed by atoms with Crippen LogP contribution in [0.15, 0.2) is 53.9 Å². The summed E-state index contributed by atoms with van der Waals surface area (Å²) in [4.78, 5) is 0. The van der Waals surface area contributed by atoms with Crippen molar-refractivity contribution >= 4 is 5.69 Å². The quantitative estimate of drug-likeness (QED) is 0.606. The topological polar surface area (TPSA) is 94.3 Å². The molecule has 1 aliphatic heterocycles. The number of nitrogens with two attached hydrogens (primary N) is 2. The van der Waals surface area contributed by atoms with Crippen molar-refractivity contribution in [2.75, 3.05) is 12.3 Å². The van der Waals surface area contributed by atoms with Gasteiger partial charge < -0.3 is 20.9 Å². The van der Waals surface area contributed by atoms with E-state index in [1.165, 1.54) is 6.42 Å². The van der Waals surface area contributed by atoms with Gasteiger partial charge in [-0.2, -0.15) is 5.26 Å². The molecule has 0 amide bonds. The second-order valence-electron chi connectivity index (χ2n) is 6.35. The highest BCUT2D eigenvalue weighted by atomic mass is 16.5. The largest absolute Gasteiger partial charge is 0.494 e. The summed E-state index contributed by atoms with van der Waals surface area (Å²) in [7, 11) is 0. The number of anilines is 1. The number of nitrogens with zero attached hydrogens (tertiary/aromatic N) is 1. The molecule has 4 N–H and O–H groups in total. The molecule has 2 aromatic carbocycles. The summed E-state index contributed by atoms with van der Waals surface area (Å²) >= 11 is 0. The number of nitriles is 1. The lowest BCUT2D eigenvalue weighted by Gasteiger charge is -2.26. The van der Waals surface area contributed by atoms with Gasteiger partial charge in [-0.25, -0.2) is 0 Å². The van der Waals surface area contributed by atoms with Crippen molar-refractivity contribution in [2.45, 2.75) is 32.1 Å². The summed E-state index contributed by atoms with van der Waals surface area (Å²) in [6.45, 7) is 2.88. The predicted octanol–water partition coefficient (Wildman–Crippen LogP) is 4.06. The molecule has 0 spiro atoms. The van der Waals surface area contributed by atoms with Gasteiger partial charge in [-0.15, -0.1) is 0 Å². The Labute approximate surface area is 153 Å². The van der Waals surface area contributed by atoms with Crippen LogP contribution in [0.5, 0.6) is 11.5 Å². The van der Waals surface area contributed by atoms with Gasteiger partial charge in [0, 0.05) is 17.3 Å². The van der Waals surface area contributed by atoms with Crippen molar-refractivity contribution in [3.8, 4) is 17.6 Å². The van der Waals surface area contributed by atoms with E-state index in [0.717, 1.165) is 29.7 Å². The van der Waals surface area contributed by atoms with Crippen LogP contribution in [-0.2, 0) is 0 Å². The number of benzene rings is 2. The fraction of sp³-hybridized carbons (Fsp3) is 0.286. The Morgan fingerprint density at radius 2 is 1.88 bits per heavy atom. The Morgan fingerprint density at radius 3 is 2.58 bits per heavy atom. The van der Waals surface area contributed by atoms with Crippen molar-refractivity contribution in [3.05, 3.63) is 65.0 Å². The number of rotatable bonds is 6. The summed E-state index contributed by atoms with van der Waals surface area (Å²) in [5, 5.41) is 9.58. The maximum Gasteiger partial charge on any atom is 0.205 e. The molecule has 0 unspecified atom stereocenters. The molecule has 0 fully saturated rings. The number of hydrogen-bond donors (Lipinski definition) is 2. The highest BCUT2D eigenvalue weighted by Gasteiger charge is 2.30. The zero-order valence-corrected chi connectivity index (χ0v) is 14.9. The second kappa shape index (κ2) is 7.83. The number of allylic oxidation sites excluding steroid dienone is 1. The first-order chi connectivity index (χ1) is 12.6. The third-order valence-corrected chi connectivity index (χ3v) is 4.47. The van der Waals surface area contributed by atoms with Crippen LogP contribution in [0, 0.1) is 11.3 Å². The summed E-state index contributed by atoms with van der Waals surface area (Å²) in [6.07, 6.45) is 3.38. The summed E-state index contributed by atoms with van der Waals surface area (Å²) in [5.74, 6) is 1.25. The second-order valence-corrected chi connectivity index (χ2v) is 6.35. The smallest absolute Gasteiger partial charge is 0.205 e. The minimum Gasteiger partial charge on any atom is -0.494 e. The van der Waals surface area contributed by atoms with Gasteiger partial charge in [0.1, 0.15) is 23.1 Å². The molecule has 3 rings (SSSR count). The molecule has 0 bridgehead atoms. The number of nitrogen functional groups attached to an aromatic ring is 1. The van der Waals surface area contributed by atoms with E-state index in [4.69, 9.17) is 20.9 Å². The zero-order valence-electron chi connectivity index (χ0n) is 14.9. The lowest BCUT2D eigenvalue weighted by Crippen LogP contribution is -2.21. The molecule has 0 aromatic heterocycles. The molecule has 1 heterocycles. The van der Waals surface area contributed by atoms with Crippen LogP contribution >= 0.6 is 0 Å². The fourth-order valence-electron chi connectivity index (χ4n) is 3.11. The van der Waals surface area contributed by atoms with Crippen LogP contribution in [0.3, 0.4) is 0 Å². The molecular formula is C21H23N3O2. The van der Waals surface area contributed by atoms with Crippen molar-refractivity contribution < 1.29 is 9.47 Å². The van der Waals surface area contributed by atoms with Crippen LogP contribution in [-0.4, -0.2) is 6.61 Å². The molecule has 1 aliphatic rings. The monoisotopic (exact) mass is 349 g/mol. The number of fused-ring (bicyclic) bond motifs is 1. The molecule has 0 saturated carbocycles. The summed E-state index contributed by atoms with van der Waals surface area (Å²) in [6, 6.07) is 15.4. The number of ether oxygens (including phenoxy) is 2. The van der Waals surface area contributed by atoms with E-state index in [0.29, 0.717) is 23.6 Å². The first kappa shape index (κ1) is 17.7. The fourth-order valence-corrected chi connectivity index (χ4v) is 3.11. The van der Waals surface area contributed by atoms with Crippen LogP contribution < -0.4 is 20.9 Å². The molecule has 2 aromatic rings. The zero-order chi connectivity index (χ0) is 18.5. The first-order valence-corrected chi connectivity index (χ1v) is 8.83. The highest BCUT2D eigenvalue weighted by molar-refractivity contribution is 5.59. The van der Waals surface area contributed by atoms with E-state index in [9.17, 15) is 5.26 Å². The number of unbranched alkanes of at least 4 members (excludes halogenated alkanes) is 2. The standard InChI is InChI=1S/C21H23N3O2/c1-2-3-4-11-25-16-8-5-14(6-9-16)20-17-10-7-15(23)12-19(17)26-21(24)18(20)13-22/h5-10,12,20H,2-4,11,23-24H2,1H3/t20-/m0/s1. The summed E-state index contributed by atoms with van der Waals surface area (Å²) < 4.78 is 11.4. The predicted molar refractivity (Wildman–Crippen MR) is 102 cm³/mol. The Hall–Kier alpha value is -3.13.